The van der Waals surface area contributed by atoms with Crippen LogP contribution in [0.3, 0.4) is 0 Å². The van der Waals surface area contributed by atoms with Gasteiger partial charge in [-0.3, -0.25) is 0 Å². The molecule has 0 bridgehead atoms. The SMILES string of the molecule is COCc1cc(C(C)NC2CCCN(C)C2)ccc1OC. The summed E-state index contributed by atoms with van der Waals surface area (Å²) in [6.45, 7) is 5.15. The van der Waals surface area contributed by atoms with Crippen LogP contribution in [-0.4, -0.2) is 45.3 Å². The van der Waals surface area contributed by atoms with Crippen molar-refractivity contribution in [2.75, 3.05) is 34.4 Å². The number of hydrogen-bond acceptors (Lipinski definition) is 4. The molecule has 1 heterocycles. The van der Waals surface area contributed by atoms with E-state index in [0.717, 1.165) is 17.9 Å². The number of methoxy groups -OCH3 is 2. The smallest absolute Gasteiger partial charge is 0.124 e. The molecule has 2 rings (SSSR count). The molecule has 1 aromatic rings. The molecular weight excluding hydrogens is 264 g/mol. The van der Waals surface area contributed by atoms with E-state index < -0.39 is 0 Å². The lowest BCUT2D eigenvalue weighted by atomic mass is 10.0. The summed E-state index contributed by atoms with van der Waals surface area (Å²) in [5, 5.41) is 3.75. The molecule has 1 aliphatic rings. The topological polar surface area (TPSA) is 33.7 Å². The van der Waals surface area contributed by atoms with Crippen LogP contribution in [-0.2, 0) is 11.3 Å². The van der Waals surface area contributed by atoms with Crippen LogP contribution in [0.25, 0.3) is 0 Å². The molecule has 1 aliphatic heterocycles. The molecule has 0 saturated carbocycles. The van der Waals surface area contributed by atoms with Crippen LogP contribution in [0.2, 0.25) is 0 Å². The maximum atomic E-state index is 5.39. The summed E-state index contributed by atoms with van der Waals surface area (Å²) in [7, 11) is 5.61. The number of likely N-dealkylation sites (N-methyl/N-ethyl adjacent to an activating group) is 1. The van der Waals surface area contributed by atoms with Crippen molar-refractivity contribution in [3.63, 3.8) is 0 Å². The molecule has 4 heteroatoms. The number of nitrogens with one attached hydrogen (secondary N) is 1. The maximum Gasteiger partial charge on any atom is 0.124 e. The predicted octanol–water partition coefficient (Wildman–Crippen LogP) is 2.59. The first kappa shape index (κ1) is 16.3. The lowest BCUT2D eigenvalue weighted by molar-refractivity contribution is 0.181. The van der Waals surface area contributed by atoms with Crippen molar-refractivity contribution in [2.24, 2.45) is 0 Å². The van der Waals surface area contributed by atoms with Crippen LogP contribution in [0.4, 0.5) is 0 Å². The molecule has 4 nitrogen and oxygen atoms in total. The number of benzene rings is 1. The number of hydrogen-bond donors (Lipinski definition) is 1. The Morgan fingerprint density at radius 2 is 2.19 bits per heavy atom. The Labute approximate surface area is 128 Å². The minimum Gasteiger partial charge on any atom is -0.496 e. The summed E-state index contributed by atoms with van der Waals surface area (Å²) in [6.07, 6.45) is 2.54. The molecule has 0 aliphatic carbocycles. The van der Waals surface area contributed by atoms with Crippen molar-refractivity contribution in [2.45, 2.75) is 38.5 Å². The Morgan fingerprint density at radius 1 is 1.38 bits per heavy atom. The summed E-state index contributed by atoms with van der Waals surface area (Å²) in [5.41, 5.74) is 2.39. The van der Waals surface area contributed by atoms with Crippen molar-refractivity contribution >= 4 is 0 Å². The average molecular weight is 292 g/mol. The van der Waals surface area contributed by atoms with Gasteiger partial charge in [0.05, 0.1) is 13.7 Å². The highest BCUT2D eigenvalue weighted by molar-refractivity contribution is 5.38. The quantitative estimate of drug-likeness (QED) is 0.874. The first-order valence-corrected chi connectivity index (χ1v) is 7.74. The molecule has 0 spiro atoms. The number of ether oxygens (including phenoxy) is 2. The minimum atomic E-state index is 0.336. The lowest BCUT2D eigenvalue weighted by Crippen LogP contribution is -2.44. The fraction of sp³-hybridized carbons (Fsp3) is 0.647. The molecule has 2 unspecified atom stereocenters. The molecule has 1 aromatic carbocycles. The third-order valence-corrected chi connectivity index (χ3v) is 4.21. The molecule has 21 heavy (non-hydrogen) atoms. The summed E-state index contributed by atoms with van der Waals surface area (Å²) < 4.78 is 10.7. The van der Waals surface area contributed by atoms with E-state index in [1.54, 1.807) is 14.2 Å². The largest absolute Gasteiger partial charge is 0.496 e. The average Bonchev–Trinajstić information content (AvgIpc) is 2.47. The summed E-state index contributed by atoms with van der Waals surface area (Å²) >= 11 is 0. The van der Waals surface area contributed by atoms with Gasteiger partial charge in [-0.2, -0.15) is 0 Å². The first-order valence-electron chi connectivity index (χ1n) is 7.74. The molecule has 1 fully saturated rings. The summed E-state index contributed by atoms with van der Waals surface area (Å²) in [5.74, 6) is 0.894. The number of piperidine rings is 1. The Morgan fingerprint density at radius 3 is 2.86 bits per heavy atom. The third kappa shape index (κ3) is 4.43. The van der Waals surface area contributed by atoms with E-state index in [9.17, 15) is 0 Å². The van der Waals surface area contributed by atoms with Crippen molar-refractivity contribution < 1.29 is 9.47 Å². The predicted molar refractivity (Wildman–Crippen MR) is 85.8 cm³/mol. The first-order chi connectivity index (χ1) is 10.1. The minimum absolute atomic E-state index is 0.336. The third-order valence-electron chi connectivity index (χ3n) is 4.21. The molecule has 0 aromatic heterocycles. The molecule has 2 atom stereocenters. The lowest BCUT2D eigenvalue weighted by Gasteiger charge is -2.32. The van der Waals surface area contributed by atoms with Gasteiger partial charge < -0.3 is 19.7 Å². The molecular formula is C17H28N2O2. The summed E-state index contributed by atoms with van der Waals surface area (Å²) in [4.78, 5) is 2.40. The van der Waals surface area contributed by atoms with Crippen LogP contribution < -0.4 is 10.1 Å². The standard InChI is InChI=1S/C17H28N2O2/c1-13(18-16-6-5-9-19(2)11-16)14-7-8-17(21-4)15(10-14)12-20-3/h7-8,10,13,16,18H,5-6,9,11-12H2,1-4H3. The zero-order valence-corrected chi connectivity index (χ0v) is 13.7. The van der Waals surface area contributed by atoms with Gasteiger partial charge in [-0.1, -0.05) is 6.07 Å². The van der Waals surface area contributed by atoms with E-state index >= 15 is 0 Å². The van der Waals surface area contributed by atoms with Gasteiger partial charge in [0.15, 0.2) is 0 Å². The second-order valence-electron chi connectivity index (χ2n) is 5.99. The van der Waals surface area contributed by atoms with Crippen LogP contribution >= 0.6 is 0 Å². The maximum absolute atomic E-state index is 5.39. The van der Waals surface area contributed by atoms with Gasteiger partial charge >= 0.3 is 0 Å². The Kier molecular flexibility index (Phi) is 6.03. The van der Waals surface area contributed by atoms with Crippen molar-refractivity contribution in [3.8, 4) is 5.75 Å². The van der Waals surface area contributed by atoms with E-state index in [1.807, 2.05) is 6.07 Å². The van der Waals surface area contributed by atoms with Gasteiger partial charge in [0.25, 0.3) is 0 Å². The van der Waals surface area contributed by atoms with E-state index in [2.05, 4.69) is 36.3 Å². The second kappa shape index (κ2) is 7.78. The van der Waals surface area contributed by atoms with Crippen LogP contribution in [0, 0.1) is 0 Å². The fourth-order valence-electron chi connectivity index (χ4n) is 3.09. The zero-order chi connectivity index (χ0) is 15.2. The van der Waals surface area contributed by atoms with Gasteiger partial charge in [0.2, 0.25) is 0 Å². The van der Waals surface area contributed by atoms with Crippen molar-refractivity contribution in [1.82, 2.24) is 10.2 Å². The van der Waals surface area contributed by atoms with E-state index in [1.165, 1.54) is 24.9 Å². The second-order valence-corrected chi connectivity index (χ2v) is 5.99. The highest BCUT2D eigenvalue weighted by Crippen LogP contribution is 2.25. The molecule has 0 amide bonds. The number of nitrogens with zero attached hydrogens (tertiary/aromatic N) is 1. The van der Waals surface area contributed by atoms with Crippen LogP contribution in [0.5, 0.6) is 5.75 Å². The highest BCUT2D eigenvalue weighted by atomic mass is 16.5. The highest BCUT2D eigenvalue weighted by Gasteiger charge is 2.19. The van der Waals surface area contributed by atoms with Crippen LogP contribution in [0.1, 0.15) is 36.9 Å². The normalized spacial score (nSPS) is 21.2. The van der Waals surface area contributed by atoms with Crippen molar-refractivity contribution in [3.05, 3.63) is 29.3 Å². The monoisotopic (exact) mass is 292 g/mol. The molecule has 118 valence electrons. The summed E-state index contributed by atoms with van der Waals surface area (Å²) in [6, 6.07) is 7.28. The van der Waals surface area contributed by atoms with Gasteiger partial charge in [-0.05, 0) is 51.1 Å². The van der Waals surface area contributed by atoms with E-state index in [4.69, 9.17) is 9.47 Å². The Hall–Kier alpha value is -1.10. The molecule has 0 radical (unpaired) electrons. The van der Waals surface area contributed by atoms with Gasteiger partial charge in [-0.25, -0.2) is 0 Å². The van der Waals surface area contributed by atoms with Gasteiger partial charge in [0, 0.05) is 31.3 Å². The Bertz CT molecular complexity index is 450. The van der Waals surface area contributed by atoms with Crippen molar-refractivity contribution in [1.29, 1.82) is 0 Å². The van der Waals surface area contributed by atoms with E-state index in [-0.39, 0.29) is 0 Å². The Balaban J connectivity index is 2.04. The number of likely N-dealkylation sites (tertiary alicyclic amines) is 1. The van der Waals surface area contributed by atoms with Gasteiger partial charge in [-0.15, -0.1) is 0 Å². The van der Waals surface area contributed by atoms with Gasteiger partial charge in [0.1, 0.15) is 5.75 Å². The molecule has 1 saturated heterocycles. The fourth-order valence-corrected chi connectivity index (χ4v) is 3.09. The van der Waals surface area contributed by atoms with E-state index in [0.29, 0.717) is 18.7 Å². The molecule has 1 N–H and O–H groups in total. The zero-order valence-electron chi connectivity index (χ0n) is 13.7. The number of rotatable bonds is 6. The van der Waals surface area contributed by atoms with Crippen LogP contribution in [0.15, 0.2) is 18.2 Å².